The van der Waals surface area contributed by atoms with Gasteiger partial charge in [-0.2, -0.15) is 0 Å². The highest BCUT2D eigenvalue weighted by Crippen LogP contribution is 2.34. The van der Waals surface area contributed by atoms with Crippen molar-refractivity contribution in [2.75, 3.05) is 15.5 Å². The second kappa shape index (κ2) is 9.08. The fraction of sp³-hybridized carbons (Fsp3) is 0.0357. The molecule has 0 radical (unpaired) electrons. The van der Waals surface area contributed by atoms with Crippen molar-refractivity contribution in [3.05, 3.63) is 118 Å². The predicted molar refractivity (Wildman–Crippen MR) is 138 cm³/mol. The minimum Gasteiger partial charge on any atom is -0.354 e. The molecule has 0 spiro atoms. The molecule has 0 saturated heterocycles. The first-order valence-electron chi connectivity index (χ1n) is 10.9. The lowest BCUT2D eigenvalue weighted by atomic mass is 10.1. The summed E-state index contributed by atoms with van der Waals surface area (Å²) >= 11 is 6.21. The summed E-state index contributed by atoms with van der Waals surface area (Å²) in [6.45, 7) is 2.01. The Morgan fingerprint density at radius 1 is 0.771 bits per heavy atom. The first kappa shape index (κ1) is 22.4. The lowest BCUT2D eigenvalue weighted by Crippen LogP contribution is -2.29. The second-order valence-corrected chi connectivity index (χ2v) is 8.56. The molecule has 2 N–H and O–H groups in total. The maximum Gasteiger partial charge on any atom is 0.266 e. The van der Waals surface area contributed by atoms with Crippen molar-refractivity contribution in [2.24, 2.45) is 0 Å². The lowest BCUT2D eigenvalue weighted by Gasteiger charge is -2.15. The molecule has 1 aliphatic heterocycles. The fourth-order valence-corrected chi connectivity index (χ4v) is 4.14. The summed E-state index contributed by atoms with van der Waals surface area (Å²) in [5.41, 5.74) is 4.30. The van der Waals surface area contributed by atoms with Gasteiger partial charge in [-0.25, -0.2) is 4.90 Å². The van der Waals surface area contributed by atoms with Gasteiger partial charge in [0.05, 0.1) is 33.2 Å². The number of para-hydroxylation sites is 3. The number of anilines is 4. The van der Waals surface area contributed by atoms with Crippen LogP contribution in [0.5, 0.6) is 0 Å². The molecule has 1 aliphatic rings. The number of aryl methyl sites for hydroxylation is 1. The van der Waals surface area contributed by atoms with Crippen LogP contribution in [0, 0.1) is 6.92 Å². The van der Waals surface area contributed by atoms with E-state index in [1.807, 2.05) is 49.4 Å². The van der Waals surface area contributed by atoms with Crippen LogP contribution >= 0.6 is 11.6 Å². The Bertz CT molecular complexity index is 1480. The largest absolute Gasteiger partial charge is 0.354 e. The Balaban J connectivity index is 1.40. The Labute approximate surface area is 207 Å². The average Bonchev–Trinajstić information content (AvgIpc) is 3.11. The molecule has 5 rings (SSSR count). The molecule has 1 heterocycles. The number of rotatable bonds is 5. The third-order valence-corrected chi connectivity index (χ3v) is 6.07. The first-order chi connectivity index (χ1) is 16.9. The van der Waals surface area contributed by atoms with Gasteiger partial charge in [0.25, 0.3) is 17.7 Å². The molecule has 0 fully saturated rings. The van der Waals surface area contributed by atoms with Gasteiger partial charge in [-0.1, -0.05) is 53.6 Å². The topological polar surface area (TPSA) is 78.5 Å². The molecule has 0 atom stereocenters. The summed E-state index contributed by atoms with van der Waals surface area (Å²) in [5.74, 6) is -1.39. The van der Waals surface area contributed by atoms with E-state index in [-0.39, 0.29) is 21.7 Å². The van der Waals surface area contributed by atoms with Crippen LogP contribution < -0.4 is 15.5 Å². The number of nitrogens with zero attached hydrogens (tertiary/aromatic N) is 1. The van der Waals surface area contributed by atoms with Crippen molar-refractivity contribution in [1.29, 1.82) is 0 Å². The lowest BCUT2D eigenvalue weighted by molar-refractivity contribution is 0.0925. The number of hydrogen-bond acceptors (Lipinski definition) is 4. The molecule has 7 heteroatoms. The fourth-order valence-electron chi connectivity index (χ4n) is 3.92. The van der Waals surface area contributed by atoms with Gasteiger partial charge in [0.2, 0.25) is 0 Å². The number of nitrogens with one attached hydrogen (secondary N) is 2. The first-order valence-corrected chi connectivity index (χ1v) is 11.3. The van der Waals surface area contributed by atoms with E-state index in [0.717, 1.165) is 21.8 Å². The van der Waals surface area contributed by atoms with Crippen LogP contribution in [0.3, 0.4) is 0 Å². The van der Waals surface area contributed by atoms with Gasteiger partial charge in [0.1, 0.15) is 0 Å². The van der Waals surface area contributed by atoms with Crippen molar-refractivity contribution in [3.63, 3.8) is 0 Å². The van der Waals surface area contributed by atoms with Gasteiger partial charge in [0.15, 0.2) is 0 Å². The molecule has 0 saturated carbocycles. The zero-order valence-corrected chi connectivity index (χ0v) is 19.5. The minimum absolute atomic E-state index is 0.161. The Hall–Kier alpha value is -4.42. The second-order valence-electron chi connectivity index (χ2n) is 8.15. The van der Waals surface area contributed by atoms with Crippen LogP contribution in [0.15, 0.2) is 91.0 Å². The van der Waals surface area contributed by atoms with Gasteiger partial charge in [0, 0.05) is 11.3 Å². The van der Waals surface area contributed by atoms with E-state index in [1.54, 1.807) is 30.3 Å². The van der Waals surface area contributed by atoms with Crippen molar-refractivity contribution >= 4 is 52.1 Å². The highest BCUT2D eigenvalue weighted by atomic mass is 35.5. The maximum absolute atomic E-state index is 13.1. The van der Waals surface area contributed by atoms with Crippen LogP contribution in [0.2, 0.25) is 5.02 Å². The van der Waals surface area contributed by atoms with Gasteiger partial charge in [-0.15, -0.1) is 0 Å². The van der Waals surface area contributed by atoms with Crippen LogP contribution in [0.4, 0.5) is 22.7 Å². The third kappa shape index (κ3) is 4.27. The number of amides is 3. The van der Waals surface area contributed by atoms with E-state index in [0.29, 0.717) is 11.4 Å². The molecule has 3 amide bonds. The number of imide groups is 1. The Kier molecular flexibility index (Phi) is 5.81. The van der Waals surface area contributed by atoms with Gasteiger partial charge in [-0.3, -0.25) is 14.4 Å². The minimum atomic E-state index is -0.519. The molecular weight excluding hydrogens is 462 g/mol. The molecule has 0 aromatic heterocycles. The summed E-state index contributed by atoms with van der Waals surface area (Å²) in [4.78, 5) is 40.1. The quantitative estimate of drug-likeness (QED) is 0.321. The predicted octanol–water partition coefficient (Wildman–Crippen LogP) is 6.44. The highest BCUT2D eigenvalue weighted by Gasteiger charge is 2.38. The average molecular weight is 482 g/mol. The highest BCUT2D eigenvalue weighted by molar-refractivity contribution is 6.40. The molecular formula is C28H20ClN3O3. The maximum atomic E-state index is 13.1. The Morgan fingerprint density at radius 2 is 1.43 bits per heavy atom. The van der Waals surface area contributed by atoms with Crippen LogP contribution in [-0.2, 0) is 0 Å². The SMILES string of the molecule is Cc1ccc(Nc2ccccc2NC(=O)c2ccc3c(c2)C(=O)N(c2ccccc2Cl)C3=O)cc1. The van der Waals surface area contributed by atoms with Gasteiger partial charge >= 0.3 is 0 Å². The Morgan fingerprint density at radius 3 is 2.17 bits per heavy atom. The zero-order valence-electron chi connectivity index (χ0n) is 18.7. The number of carbonyl (C=O) groups is 3. The molecule has 172 valence electrons. The third-order valence-electron chi connectivity index (χ3n) is 5.75. The summed E-state index contributed by atoms with van der Waals surface area (Å²) in [5, 5.41) is 6.49. The molecule has 4 aromatic carbocycles. The summed E-state index contributed by atoms with van der Waals surface area (Å²) in [6.07, 6.45) is 0. The summed E-state index contributed by atoms with van der Waals surface area (Å²) in [7, 11) is 0. The van der Waals surface area contributed by atoms with E-state index in [9.17, 15) is 14.4 Å². The molecule has 0 aliphatic carbocycles. The summed E-state index contributed by atoms with van der Waals surface area (Å²) < 4.78 is 0. The molecule has 0 unspecified atom stereocenters. The van der Waals surface area contributed by atoms with E-state index >= 15 is 0 Å². The number of halogens is 1. The van der Waals surface area contributed by atoms with Crippen molar-refractivity contribution in [2.45, 2.75) is 6.92 Å². The smallest absolute Gasteiger partial charge is 0.266 e. The van der Waals surface area contributed by atoms with Crippen molar-refractivity contribution in [3.8, 4) is 0 Å². The normalized spacial score (nSPS) is 12.5. The van der Waals surface area contributed by atoms with Gasteiger partial charge in [-0.05, 0) is 61.5 Å². The van der Waals surface area contributed by atoms with Crippen molar-refractivity contribution < 1.29 is 14.4 Å². The standard InChI is InChI=1S/C28H20ClN3O3/c1-17-10-13-19(14-11-17)30-23-7-3-4-8-24(23)31-26(33)18-12-15-20-21(16-18)28(35)32(27(20)34)25-9-5-2-6-22(25)29/h2-16,30H,1H3,(H,31,33). The van der Waals surface area contributed by atoms with Crippen molar-refractivity contribution in [1.82, 2.24) is 0 Å². The van der Waals surface area contributed by atoms with Gasteiger partial charge < -0.3 is 10.6 Å². The number of hydrogen-bond donors (Lipinski definition) is 2. The molecule has 35 heavy (non-hydrogen) atoms. The number of benzene rings is 4. The summed E-state index contributed by atoms with van der Waals surface area (Å²) in [6, 6.07) is 26.4. The zero-order chi connectivity index (χ0) is 24.5. The van der Waals surface area contributed by atoms with Crippen LogP contribution in [-0.4, -0.2) is 17.7 Å². The van der Waals surface area contributed by atoms with E-state index in [1.165, 1.54) is 18.2 Å². The molecule has 6 nitrogen and oxygen atoms in total. The number of carbonyl (C=O) groups excluding carboxylic acids is 3. The molecule has 0 bridgehead atoms. The van der Waals surface area contributed by atoms with Crippen LogP contribution in [0.25, 0.3) is 0 Å². The van der Waals surface area contributed by atoms with E-state index in [4.69, 9.17) is 11.6 Å². The molecule has 4 aromatic rings. The monoisotopic (exact) mass is 481 g/mol. The van der Waals surface area contributed by atoms with Crippen LogP contribution in [0.1, 0.15) is 36.6 Å². The number of fused-ring (bicyclic) bond motifs is 1. The van der Waals surface area contributed by atoms with E-state index < -0.39 is 17.7 Å². The van der Waals surface area contributed by atoms with E-state index in [2.05, 4.69) is 10.6 Å².